The van der Waals surface area contributed by atoms with Crippen LogP contribution in [0.5, 0.6) is 0 Å². The molecule has 0 spiro atoms. The fourth-order valence-corrected chi connectivity index (χ4v) is 3.12. The SMILES string of the molecule is CC1CCC(C(=O)N2CCNCC2(C)C)CC1. The van der Waals surface area contributed by atoms with E-state index in [0.717, 1.165) is 38.4 Å². The summed E-state index contributed by atoms with van der Waals surface area (Å²) in [5, 5.41) is 3.38. The summed E-state index contributed by atoms with van der Waals surface area (Å²) in [6.45, 7) is 9.37. The van der Waals surface area contributed by atoms with Crippen LogP contribution in [0.2, 0.25) is 0 Å². The van der Waals surface area contributed by atoms with Gasteiger partial charge in [-0.3, -0.25) is 4.79 Å². The first-order valence-corrected chi connectivity index (χ1v) is 7.03. The van der Waals surface area contributed by atoms with E-state index < -0.39 is 0 Å². The van der Waals surface area contributed by atoms with Gasteiger partial charge in [0.15, 0.2) is 0 Å². The second-order valence-corrected chi connectivity index (χ2v) is 6.44. The number of hydrogen-bond acceptors (Lipinski definition) is 2. The van der Waals surface area contributed by atoms with Crippen molar-refractivity contribution >= 4 is 5.91 Å². The molecule has 0 aromatic carbocycles. The molecule has 1 saturated carbocycles. The Labute approximate surface area is 105 Å². The molecule has 2 aliphatic rings. The average molecular weight is 238 g/mol. The number of hydrogen-bond donors (Lipinski definition) is 1. The van der Waals surface area contributed by atoms with Gasteiger partial charge in [0.2, 0.25) is 5.91 Å². The standard InChI is InChI=1S/C14H26N2O/c1-11-4-6-12(7-5-11)13(17)16-9-8-15-10-14(16,2)3/h11-12,15H,4-10H2,1-3H3. The number of piperazine rings is 1. The van der Waals surface area contributed by atoms with Crippen molar-refractivity contribution in [1.82, 2.24) is 10.2 Å². The third-order valence-electron chi connectivity index (χ3n) is 4.43. The molecule has 3 nitrogen and oxygen atoms in total. The smallest absolute Gasteiger partial charge is 0.226 e. The monoisotopic (exact) mass is 238 g/mol. The second-order valence-electron chi connectivity index (χ2n) is 6.44. The lowest BCUT2D eigenvalue weighted by Crippen LogP contribution is -2.61. The van der Waals surface area contributed by atoms with E-state index in [9.17, 15) is 4.79 Å². The van der Waals surface area contributed by atoms with Crippen LogP contribution in [0.15, 0.2) is 0 Å². The van der Waals surface area contributed by atoms with Crippen LogP contribution in [0, 0.1) is 11.8 Å². The zero-order valence-corrected chi connectivity index (χ0v) is 11.5. The molecule has 0 radical (unpaired) electrons. The van der Waals surface area contributed by atoms with Crippen LogP contribution < -0.4 is 5.32 Å². The molecule has 1 saturated heterocycles. The molecule has 1 heterocycles. The van der Waals surface area contributed by atoms with Gasteiger partial charge in [-0.15, -0.1) is 0 Å². The van der Waals surface area contributed by atoms with Crippen molar-refractivity contribution in [3.8, 4) is 0 Å². The van der Waals surface area contributed by atoms with E-state index >= 15 is 0 Å². The number of carbonyl (C=O) groups is 1. The summed E-state index contributed by atoms with van der Waals surface area (Å²) in [4.78, 5) is 14.7. The van der Waals surface area contributed by atoms with Crippen molar-refractivity contribution < 1.29 is 4.79 Å². The molecule has 1 N–H and O–H groups in total. The van der Waals surface area contributed by atoms with Crippen molar-refractivity contribution in [3.63, 3.8) is 0 Å². The highest BCUT2D eigenvalue weighted by molar-refractivity contribution is 5.79. The van der Waals surface area contributed by atoms with E-state index in [1.165, 1.54) is 12.8 Å². The lowest BCUT2D eigenvalue weighted by atomic mass is 9.81. The minimum atomic E-state index is -0.0155. The maximum atomic E-state index is 12.6. The zero-order chi connectivity index (χ0) is 12.5. The van der Waals surface area contributed by atoms with E-state index in [-0.39, 0.29) is 5.54 Å². The van der Waals surface area contributed by atoms with Crippen molar-refractivity contribution in [2.45, 2.75) is 52.0 Å². The maximum Gasteiger partial charge on any atom is 0.226 e. The third-order valence-corrected chi connectivity index (χ3v) is 4.43. The summed E-state index contributed by atoms with van der Waals surface area (Å²) in [6, 6.07) is 0. The third kappa shape index (κ3) is 2.82. The van der Waals surface area contributed by atoms with Crippen molar-refractivity contribution in [1.29, 1.82) is 0 Å². The minimum absolute atomic E-state index is 0.0155. The van der Waals surface area contributed by atoms with Crippen LogP contribution in [0.3, 0.4) is 0 Å². The van der Waals surface area contributed by atoms with E-state index in [1.54, 1.807) is 0 Å². The summed E-state index contributed by atoms with van der Waals surface area (Å²) >= 11 is 0. The first-order valence-electron chi connectivity index (χ1n) is 7.03. The summed E-state index contributed by atoms with van der Waals surface area (Å²) in [6.07, 6.45) is 4.64. The van der Waals surface area contributed by atoms with Crippen LogP contribution in [0.4, 0.5) is 0 Å². The van der Waals surface area contributed by atoms with Crippen molar-refractivity contribution in [2.75, 3.05) is 19.6 Å². The Bertz CT molecular complexity index is 280. The largest absolute Gasteiger partial charge is 0.335 e. The van der Waals surface area contributed by atoms with Crippen LogP contribution in [-0.4, -0.2) is 36.0 Å². The molecule has 3 heteroatoms. The molecule has 98 valence electrons. The molecule has 2 fully saturated rings. The van der Waals surface area contributed by atoms with E-state index in [1.807, 2.05) is 0 Å². The highest BCUT2D eigenvalue weighted by Gasteiger charge is 2.37. The van der Waals surface area contributed by atoms with E-state index in [0.29, 0.717) is 11.8 Å². The van der Waals surface area contributed by atoms with Gasteiger partial charge < -0.3 is 10.2 Å². The maximum absolute atomic E-state index is 12.6. The molecule has 0 atom stereocenters. The number of carbonyl (C=O) groups excluding carboxylic acids is 1. The van der Waals surface area contributed by atoms with Gasteiger partial charge in [0.05, 0.1) is 0 Å². The first-order chi connectivity index (χ1) is 8.00. The number of rotatable bonds is 1. The highest BCUT2D eigenvalue weighted by atomic mass is 16.2. The molecule has 2 rings (SSSR count). The van der Waals surface area contributed by atoms with Crippen LogP contribution in [0.25, 0.3) is 0 Å². The molecule has 1 aliphatic carbocycles. The predicted molar refractivity (Wildman–Crippen MR) is 69.8 cm³/mol. The zero-order valence-electron chi connectivity index (χ0n) is 11.5. The van der Waals surface area contributed by atoms with Gasteiger partial charge in [-0.05, 0) is 45.4 Å². The van der Waals surface area contributed by atoms with Crippen molar-refractivity contribution in [2.24, 2.45) is 11.8 Å². The van der Waals surface area contributed by atoms with Gasteiger partial charge in [0.1, 0.15) is 0 Å². The summed E-state index contributed by atoms with van der Waals surface area (Å²) < 4.78 is 0. The normalized spacial score (nSPS) is 33.5. The number of nitrogens with one attached hydrogen (secondary N) is 1. The topological polar surface area (TPSA) is 32.3 Å². The molecular formula is C14H26N2O. The molecule has 0 bridgehead atoms. The average Bonchev–Trinajstić information content (AvgIpc) is 2.28. The Kier molecular flexibility index (Phi) is 3.76. The minimum Gasteiger partial charge on any atom is -0.335 e. The number of nitrogens with zero attached hydrogens (tertiary/aromatic N) is 1. The lowest BCUT2D eigenvalue weighted by molar-refractivity contribution is -0.143. The first kappa shape index (κ1) is 12.9. The molecule has 0 aromatic heterocycles. The van der Waals surface area contributed by atoms with Gasteiger partial charge in [0, 0.05) is 31.1 Å². The Morgan fingerprint density at radius 2 is 1.88 bits per heavy atom. The quantitative estimate of drug-likeness (QED) is 0.758. The van der Waals surface area contributed by atoms with Gasteiger partial charge in [-0.1, -0.05) is 6.92 Å². The van der Waals surface area contributed by atoms with Crippen LogP contribution in [-0.2, 0) is 4.79 Å². The fourth-order valence-electron chi connectivity index (χ4n) is 3.12. The fraction of sp³-hybridized carbons (Fsp3) is 0.929. The molecule has 1 amide bonds. The Hall–Kier alpha value is -0.570. The highest BCUT2D eigenvalue weighted by Crippen LogP contribution is 2.31. The van der Waals surface area contributed by atoms with Gasteiger partial charge in [0.25, 0.3) is 0 Å². The lowest BCUT2D eigenvalue weighted by Gasteiger charge is -2.45. The number of amides is 1. The Morgan fingerprint density at radius 1 is 1.24 bits per heavy atom. The molecule has 17 heavy (non-hydrogen) atoms. The van der Waals surface area contributed by atoms with Gasteiger partial charge in [-0.25, -0.2) is 0 Å². The van der Waals surface area contributed by atoms with Gasteiger partial charge in [-0.2, -0.15) is 0 Å². The second kappa shape index (κ2) is 4.97. The van der Waals surface area contributed by atoms with Crippen molar-refractivity contribution in [3.05, 3.63) is 0 Å². The van der Waals surface area contributed by atoms with Gasteiger partial charge >= 0.3 is 0 Å². The molecular weight excluding hydrogens is 212 g/mol. The van der Waals surface area contributed by atoms with E-state index in [4.69, 9.17) is 0 Å². The molecule has 0 aromatic rings. The Morgan fingerprint density at radius 3 is 2.47 bits per heavy atom. The summed E-state index contributed by atoms with van der Waals surface area (Å²) in [7, 11) is 0. The summed E-state index contributed by atoms with van der Waals surface area (Å²) in [5.74, 6) is 1.52. The van der Waals surface area contributed by atoms with Crippen LogP contribution >= 0.6 is 0 Å². The Balaban J connectivity index is 1.99. The molecule has 0 unspecified atom stereocenters. The van der Waals surface area contributed by atoms with E-state index in [2.05, 4.69) is 31.0 Å². The van der Waals surface area contributed by atoms with Crippen LogP contribution in [0.1, 0.15) is 46.5 Å². The predicted octanol–water partition coefficient (Wildman–Crippen LogP) is 2.02. The summed E-state index contributed by atoms with van der Waals surface area (Å²) in [5.41, 5.74) is -0.0155. The molecule has 1 aliphatic heterocycles.